The summed E-state index contributed by atoms with van der Waals surface area (Å²) in [6.07, 6.45) is 1.32. The lowest BCUT2D eigenvalue weighted by molar-refractivity contribution is -0.136. The molecule has 5 rings (SSSR count). The number of carbonyl (C=O) groups is 3. The van der Waals surface area contributed by atoms with E-state index in [2.05, 4.69) is 5.32 Å². The van der Waals surface area contributed by atoms with Crippen molar-refractivity contribution >= 4 is 64.2 Å². The van der Waals surface area contributed by atoms with Crippen molar-refractivity contribution in [3.63, 3.8) is 0 Å². The Kier molecular flexibility index (Phi) is 10.2. The predicted octanol–water partition coefficient (Wildman–Crippen LogP) is 7.44. The van der Waals surface area contributed by atoms with E-state index >= 15 is 0 Å². The number of benzene rings is 3. The fourth-order valence-corrected chi connectivity index (χ4v) is 6.34. The van der Waals surface area contributed by atoms with Crippen LogP contribution < -0.4 is 5.32 Å². The van der Waals surface area contributed by atoms with Crippen molar-refractivity contribution in [3.8, 4) is 11.3 Å². The highest BCUT2D eigenvalue weighted by atomic mass is 35.5. The highest BCUT2D eigenvalue weighted by Gasteiger charge is 2.28. The molecule has 1 aliphatic rings. The van der Waals surface area contributed by atoms with Gasteiger partial charge in [0.25, 0.3) is 11.8 Å². The van der Waals surface area contributed by atoms with E-state index in [0.29, 0.717) is 50.9 Å². The van der Waals surface area contributed by atoms with Crippen LogP contribution in [0.5, 0.6) is 0 Å². The molecule has 1 aliphatic heterocycles. The Hall–Kier alpha value is -3.56. The molecule has 1 fully saturated rings. The van der Waals surface area contributed by atoms with E-state index in [0.717, 1.165) is 35.4 Å². The van der Waals surface area contributed by atoms with Crippen LogP contribution in [0.2, 0.25) is 20.1 Å². The van der Waals surface area contributed by atoms with Crippen molar-refractivity contribution in [2.24, 2.45) is 0 Å². The van der Waals surface area contributed by atoms with Gasteiger partial charge in [0.2, 0.25) is 0 Å². The smallest absolute Gasteiger partial charge is 0.305 e. The molecule has 3 aromatic carbocycles. The molecule has 228 valence electrons. The van der Waals surface area contributed by atoms with Gasteiger partial charge < -0.3 is 15.3 Å². The summed E-state index contributed by atoms with van der Waals surface area (Å²) in [7, 11) is 0. The zero-order chi connectivity index (χ0) is 31.4. The van der Waals surface area contributed by atoms with Crippen molar-refractivity contribution < 1.29 is 19.5 Å². The molecule has 4 aromatic rings. The van der Waals surface area contributed by atoms with Crippen molar-refractivity contribution in [3.05, 3.63) is 109 Å². The van der Waals surface area contributed by atoms with Gasteiger partial charge in [0.1, 0.15) is 0 Å². The predicted molar refractivity (Wildman–Crippen MR) is 172 cm³/mol. The van der Waals surface area contributed by atoms with Crippen LogP contribution in [0.1, 0.15) is 57.2 Å². The quantitative estimate of drug-likeness (QED) is 0.192. The molecule has 0 aliphatic carbocycles. The first-order valence-corrected chi connectivity index (χ1v) is 15.5. The molecule has 44 heavy (non-hydrogen) atoms. The Morgan fingerprint density at radius 3 is 2.00 bits per heavy atom. The van der Waals surface area contributed by atoms with Crippen LogP contribution >= 0.6 is 46.4 Å². The maximum atomic E-state index is 13.2. The largest absolute Gasteiger partial charge is 0.481 e. The third-order valence-electron chi connectivity index (χ3n) is 7.45. The number of likely N-dealkylation sites (tertiary alicyclic amines) is 1. The van der Waals surface area contributed by atoms with Crippen LogP contribution in [-0.4, -0.2) is 57.2 Å². The van der Waals surface area contributed by atoms with Gasteiger partial charge in [-0.2, -0.15) is 5.10 Å². The molecule has 0 spiro atoms. The summed E-state index contributed by atoms with van der Waals surface area (Å²) in [4.78, 5) is 38.1. The number of rotatable bonds is 9. The minimum atomic E-state index is -0.974. The van der Waals surface area contributed by atoms with E-state index in [-0.39, 0.29) is 30.7 Å². The molecule has 0 saturated carbocycles. The molecule has 12 heteroatoms. The van der Waals surface area contributed by atoms with Gasteiger partial charge in [-0.05, 0) is 73.0 Å². The number of hydrogen-bond acceptors (Lipinski definition) is 4. The van der Waals surface area contributed by atoms with E-state index < -0.39 is 5.97 Å². The molecule has 0 atom stereocenters. The van der Waals surface area contributed by atoms with Gasteiger partial charge >= 0.3 is 5.97 Å². The molecular formula is C32H28Cl4N4O4. The van der Waals surface area contributed by atoms with E-state index in [9.17, 15) is 14.4 Å². The molecule has 0 bridgehead atoms. The number of nitrogens with zero attached hydrogens (tertiary/aromatic N) is 3. The van der Waals surface area contributed by atoms with Crippen LogP contribution in [-0.2, 0) is 11.3 Å². The maximum absolute atomic E-state index is 13.2. The van der Waals surface area contributed by atoms with Gasteiger partial charge in [-0.1, -0.05) is 58.5 Å². The summed E-state index contributed by atoms with van der Waals surface area (Å²) in [5, 5.41) is 18.2. The van der Waals surface area contributed by atoms with Crippen LogP contribution in [0, 0.1) is 0 Å². The number of piperidine rings is 1. The van der Waals surface area contributed by atoms with E-state index in [1.807, 2.05) is 39.9 Å². The van der Waals surface area contributed by atoms with Gasteiger partial charge in [0.15, 0.2) is 0 Å². The monoisotopic (exact) mass is 672 g/mol. The van der Waals surface area contributed by atoms with Crippen molar-refractivity contribution in [1.82, 2.24) is 20.0 Å². The van der Waals surface area contributed by atoms with Gasteiger partial charge in [0.05, 0.1) is 18.7 Å². The summed E-state index contributed by atoms with van der Waals surface area (Å²) in [5.41, 5.74) is 4.37. The van der Waals surface area contributed by atoms with Crippen molar-refractivity contribution in [2.75, 3.05) is 19.6 Å². The zero-order valence-electron chi connectivity index (χ0n) is 23.4. The Balaban J connectivity index is 1.35. The lowest BCUT2D eigenvalue weighted by Crippen LogP contribution is -2.38. The van der Waals surface area contributed by atoms with Gasteiger partial charge in [-0.15, -0.1) is 0 Å². The zero-order valence-corrected chi connectivity index (χ0v) is 26.4. The third-order valence-corrected chi connectivity index (χ3v) is 8.33. The molecule has 2 heterocycles. The van der Waals surface area contributed by atoms with E-state index in [1.165, 1.54) is 0 Å². The van der Waals surface area contributed by atoms with E-state index in [1.54, 1.807) is 36.4 Å². The van der Waals surface area contributed by atoms with Crippen LogP contribution in [0.15, 0.2) is 66.7 Å². The molecule has 2 N–H and O–H groups in total. The molecule has 0 radical (unpaired) electrons. The van der Waals surface area contributed by atoms with Crippen LogP contribution in [0.25, 0.3) is 11.3 Å². The normalized spacial score (nSPS) is 13.6. The average Bonchev–Trinajstić information content (AvgIpc) is 3.40. The summed E-state index contributed by atoms with van der Waals surface area (Å²) >= 11 is 24.8. The summed E-state index contributed by atoms with van der Waals surface area (Å²) in [6, 6.07) is 19.3. The van der Waals surface area contributed by atoms with Crippen LogP contribution in [0.3, 0.4) is 0 Å². The molecular weight excluding hydrogens is 646 g/mol. The molecule has 0 unspecified atom stereocenters. The minimum absolute atomic E-state index is 0.0557. The second kappa shape index (κ2) is 14.0. The first kappa shape index (κ1) is 31.9. The highest BCUT2D eigenvalue weighted by molar-refractivity contribution is 6.35. The number of hydrogen-bond donors (Lipinski definition) is 2. The summed E-state index contributed by atoms with van der Waals surface area (Å²) in [6.45, 7) is 1.62. The van der Waals surface area contributed by atoms with Gasteiger partial charge in [-0.3, -0.25) is 19.1 Å². The first-order chi connectivity index (χ1) is 21.0. The highest BCUT2D eigenvalue weighted by Crippen LogP contribution is 2.34. The molecule has 8 nitrogen and oxygen atoms in total. The summed E-state index contributed by atoms with van der Waals surface area (Å²) < 4.78 is 1.95. The Morgan fingerprint density at radius 2 is 1.41 bits per heavy atom. The SMILES string of the molecule is O=C(O)CCNC(=O)c1ccc(Cn2nc(-c3cc(Cl)cc(Cl)c3)cc2C2CCN(C(=O)c3cc(Cl)cc(Cl)c3)CC2)cc1. The Labute approximate surface area is 274 Å². The summed E-state index contributed by atoms with van der Waals surface area (Å²) in [5.74, 6) is -1.28. The van der Waals surface area contributed by atoms with Gasteiger partial charge in [-0.25, -0.2) is 0 Å². The second-order valence-corrected chi connectivity index (χ2v) is 12.3. The third kappa shape index (κ3) is 7.93. The maximum Gasteiger partial charge on any atom is 0.305 e. The number of aliphatic carboxylic acids is 1. The number of carbonyl (C=O) groups excluding carboxylic acids is 2. The molecule has 1 aromatic heterocycles. The minimum Gasteiger partial charge on any atom is -0.481 e. The lowest BCUT2D eigenvalue weighted by atomic mass is 9.92. The number of amides is 2. The first-order valence-electron chi connectivity index (χ1n) is 13.9. The second-order valence-electron chi connectivity index (χ2n) is 10.6. The standard InChI is InChI=1S/C32H28Cl4N4O4/c33-24-11-22(12-25(34)15-24)28-17-29(20-6-9-39(10-7-20)32(44)23-13-26(35)16-27(36)14-23)40(38-28)18-19-1-3-21(4-2-19)31(43)37-8-5-30(41)42/h1-4,11-17,20H,5-10,18H2,(H,37,43)(H,41,42). The fourth-order valence-electron chi connectivity index (χ4n) is 5.29. The van der Waals surface area contributed by atoms with E-state index in [4.69, 9.17) is 56.6 Å². The average molecular weight is 674 g/mol. The Morgan fingerprint density at radius 1 is 0.818 bits per heavy atom. The Bertz CT molecular complexity index is 1660. The number of carboxylic acid groups (broad SMARTS) is 1. The van der Waals surface area contributed by atoms with Crippen molar-refractivity contribution in [2.45, 2.75) is 31.7 Å². The number of halogens is 4. The van der Waals surface area contributed by atoms with Gasteiger partial charge in [0, 0.05) is 68.0 Å². The van der Waals surface area contributed by atoms with Crippen LogP contribution in [0.4, 0.5) is 0 Å². The fraction of sp³-hybridized carbons (Fsp3) is 0.250. The topological polar surface area (TPSA) is 105 Å². The molecule has 2 amide bonds. The number of aromatic nitrogens is 2. The molecule has 1 saturated heterocycles. The lowest BCUT2D eigenvalue weighted by Gasteiger charge is -2.32. The van der Waals surface area contributed by atoms with Crippen molar-refractivity contribution in [1.29, 1.82) is 0 Å². The number of nitrogens with one attached hydrogen (secondary N) is 1. The number of carboxylic acids is 1.